The summed E-state index contributed by atoms with van der Waals surface area (Å²) in [5.41, 5.74) is 0.108. The van der Waals surface area contributed by atoms with Gasteiger partial charge in [-0.3, -0.25) is 14.4 Å². The molecule has 2 heterocycles. The minimum atomic E-state index is -1.26. The predicted octanol–water partition coefficient (Wildman–Crippen LogP) is 0.220. The maximum atomic E-state index is 12.4. The molecule has 25 heavy (non-hydrogen) atoms. The number of nitrogens with zero attached hydrogens (tertiary/aromatic N) is 3. The Labute approximate surface area is 140 Å². The lowest BCUT2D eigenvalue weighted by Gasteiger charge is -2.09. The minimum Gasteiger partial charge on any atom is -0.505 e. The van der Waals surface area contributed by atoms with Gasteiger partial charge in [0.15, 0.2) is 11.3 Å². The van der Waals surface area contributed by atoms with Gasteiger partial charge in [0.1, 0.15) is 12.1 Å². The molecule has 128 valence electrons. The second-order valence-corrected chi connectivity index (χ2v) is 5.30. The Bertz CT molecular complexity index is 1040. The molecule has 9 heteroatoms. The quantitative estimate of drug-likeness (QED) is 0.623. The van der Waals surface area contributed by atoms with E-state index in [0.29, 0.717) is 5.69 Å². The van der Waals surface area contributed by atoms with E-state index < -0.39 is 35.3 Å². The van der Waals surface area contributed by atoms with Crippen molar-refractivity contribution in [3.05, 3.63) is 52.3 Å². The Morgan fingerprint density at radius 3 is 2.56 bits per heavy atom. The zero-order valence-electron chi connectivity index (χ0n) is 13.1. The summed E-state index contributed by atoms with van der Waals surface area (Å²) in [6.45, 7) is -0.666. The zero-order chi connectivity index (χ0) is 18.1. The largest absolute Gasteiger partial charge is 0.505 e. The molecule has 0 fully saturated rings. The molecule has 0 aliphatic heterocycles. The van der Waals surface area contributed by atoms with Crippen LogP contribution in [0.2, 0.25) is 0 Å². The molecule has 0 bridgehead atoms. The highest BCUT2D eigenvalue weighted by Crippen LogP contribution is 2.26. The SMILES string of the molecule is Cn1c(=O)c(C(=O)NCC(=O)O)c(O)c2cc(-c3ccccc3)nn21. The Balaban J connectivity index is 2.16. The van der Waals surface area contributed by atoms with Crippen molar-refractivity contribution in [1.29, 1.82) is 0 Å². The van der Waals surface area contributed by atoms with Crippen LogP contribution in [-0.4, -0.2) is 43.0 Å². The molecule has 3 aromatic rings. The van der Waals surface area contributed by atoms with E-state index >= 15 is 0 Å². The number of carbonyl (C=O) groups is 2. The molecule has 0 radical (unpaired) electrons. The highest BCUT2D eigenvalue weighted by Gasteiger charge is 2.23. The summed E-state index contributed by atoms with van der Waals surface area (Å²) in [6.07, 6.45) is 0. The Morgan fingerprint density at radius 1 is 1.24 bits per heavy atom. The van der Waals surface area contributed by atoms with Crippen molar-refractivity contribution in [1.82, 2.24) is 19.7 Å². The van der Waals surface area contributed by atoms with E-state index in [1.807, 2.05) is 30.3 Å². The van der Waals surface area contributed by atoms with Gasteiger partial charge in [0.05, 0.1) is 5.69 Å². The molecule has 0 aliphatic carbocycles. The van der Waals surface area contributed by atoms with Crippen molar-refractivity contribution in [3.63, 3.8) is 0 Å². The number of carbonyl (C=O) groups excluding carboxylic acids is 1. The second-order valence-electron chi connectivity index (χ2n) is 5.30. The standard InChI is InChI=1S/C16H14N4O5/c1-19-16(25)13(15(24)17-8-12(21)22)14(23)11-7-10(18-20(11)19)9-5-3-2-4-6-9/h2-7,23H,8H2,1H3,(H,17,24)(H,21,22). The number of aryl methyl sites for hydroxylation is 1. The van der Waals surface area contributed by atoms with E-state index in [9.17, 15) is 19.5 Å². The van der Waals surface area contributed by atoms with Gasteiger partial charge in [-0.1, -0.05) is 30.3 Å². The maximum Gasteiger partial charge on any atom is 0.322 e. The molecular formula is C16H14N4O5. The highest BCUT2D eigenvalue weighted by molar-refractivity contribution is 5.99. The molecule has 3 rings (SSSR count). The first-order valence-corrected chi connectivity index (χ1v) is 7.27. The first-order valence-electron chi connectivity index (χ1n) is 7.27. The second kappa shape index (κ2) is 6.11. The number of carboxylic acids is 1. The van der Waals surface area contributed by atoms with Gasteiger partial charge in [-0.2, -0.15) is 9.73 Å². The van der Waals surface area contributed by atoms with Crippen molar-refractivity contribution in [2.45, 2.75) is 0 Å². The summed E-state index contributed by atoms with van der Waals surface area (Å²) < 4.78 is 2.26. The van der Waals surface area contributed by atoms with Crippen molar-refractivity contribution in [2.75, 3.05) is 6.54 Å². The number of fused-ring (bicyclic) bond motifs is 1. The smallest absolute Gasteiger partial charge is 0.322 e. The number of aromatic hydroxyl groups is 1. The van der Waals surface area contributed by atoms with Gasteiger partial charge in [0, 0.05) is 12.6 Å². The molecule has 1 amide bonds. The third-order valence-electron chi connectivity index (χ3n) is 3.66. The Kier molecular flexibility index (Phi) is 3.97. The monoisotopic (exact) mass is 342 g/mol. The third-order valence-corrected chi connectivity index (χ3v) is 3.66. The fourth-order valence-corrected chi connectivity index (χ4v) is 2.44. The fourth-order valence-electron chi connectivity index (χ4n) is 2.44. The Morgan fingerprint density at radius 2 is 1.92 bits per heavy atom. The molecule has 0 saturated carbocycles. The van der Waals surface area contributed by atoms with Gasteiger partial charge < -0.3 is 15.5 Å². The highest BCUT2D eigenvalue weighted by atomic mass is 16.4. The molecule has 3 N–H and O–H groups in total. The molecule has 0 atom stereocenters. The van der Waals surface area contributed by atoms with Gasteiger partial charge in [0.25, 0.3) is 11.5 Å². The topological polar surface area (TPSA) is 126 Å². The molecule has 0 unspecified atom stereocenters. The van der Waals surface area contributed by atoms with Crippen LogP contribution in [0.25, 0.3) is 16.8 Å². The number of hydrogen-bond acceptors (Lipinski definition) is 5. The average molecular weight is 342 g/mol. The maximum absolute atomic E-state index is 12.4. The van der Waals surface area contributed by atoms with Crippen LogP contribution in [0.3, 0.4) is 0 Å². The van der Waals surface area contributed by atoms with E-state index in [-0.39, 0.29) is 5.52 Å². The van der Waals surface area contributed by atoms with Gasteiger partial charge in [-0.05, 0) is 6.07 Å². The number of nitrogens with one attached hydrogen (secondary N) is 1. The van der Waals surface area contributed by atoms with Crippen LogP contribution in [0.15, 0.2) is 41.2 Å². The molecule has 1 aromatic carbocycles. The number of hydrogen-bond donors (Lipinski definition) is 3. The summed E-state index contributed by atoms with van der Waals surface area (Å²) in [5, 5.41) is 25.3. The lowest BCUT2D eigenvalue weighted by atomic mass is 10.1. The van der Waals surface area contributed by atoms with Gasteiger partial charge in [-0.25, -0.2) is 4.68 Å². The normalized spacial score (nSPS) is 10.8. The van der Waals surface area contributed by atoms with Crippen LogP contribution in [0.5, 0.6) is 5.75 Å². The predicted molar refractivity (Wildman–Crippen MR) is 87.5 cm³/mol. The first-order chi connectivity index (χ1) is 11.9. The zero-order valence-corrected chi connectivity index (χ0v) is 13.1. The van der Waals surface area contributed by atoms with Crippen LogP contribution < -0.4 is 10.9 Å². The number of rotatable bonds is 4. The number of aliphatic carboxylic acids is 1. The van der Waals surface area contributed by atoms with Crippen molar-refractivity contribution in [3.8, 4) is 17.0 Å². The van der Waals surface area contributed by atoms with Crippen LogP contribution in [0.1, 0.15) is 10.4 Å². The Hall–Kier alpha value is -3.62. The molecular weight excluding hydrogens is 328 g/mol. The van der Waals surface area contributed by atoms with Crippen LogP contribution >= 0.6 is 0 Å². The number of benzene rings is 1. The lowest BCUT2D eigenvalue weighted by molar-refractivity contribution is -0.135. The molecule has 9 nitrogen and oxygen atoms in total. The van der Waals surface area contributed by atoms with E-state index in [1.54, 1.807) is 0 Å². The van der Waals surface area contributed by atoms with Crippen LogP contribution in [-0.2, 0) is 11.8 Å². The third kappa shape index (κ3) is 2.82. The van der Waals surface area contributed by atoms with Gasteiger partial charge in [0.2, 0.25) is 0 Å². The lowest BCUT2D eigenvalue weighted by Crippen LogP contribution is -2.36. The van der Waals surface area contributed by atoms with Crippen LogP contribution in [0.4, 0.5) is 0 Å². The van der Waals surface area contributed by atoms with Crippen molar-refractivity contribution < 1.29 is 19.8 Å². The number of carboxylic acid groups (broad SMARTS) is 1. The average Bonchev–Trinajstić information content (AvgIpc) is 3.05. The van der Waals surface area contributed by atoms with E-state index in [4.69, 9.17) is 5.11 Å². The summed E-state index contributed by atoms with van der Waals surface area (Å²) in [4.78, 5) is 35.0. The summed E-state index contributed by atoms with van der Waals surface area (Å²) >= 11 is 0. The van der Waals surface area contributed by atoms with Crippen molar-refractivity contribution in [2.24, 2.45) is 7.05 Å². The van der Waals surface area contributed by atoms with Gasteiger partial charge >= 0.3 is 5.97 Å². The van der Waals surface area contributed by atoms with E-state index in [0.717, 1.165) is 10.2 Å². The van der Waals surface area contributed by atoms with Crippen molar-refractivity contribution >= 4 is 17.4 Å². The van der Waals surface area contributed by atoms with Crippen LogP contribution in [0, 0.1) is 0 Å². The summed E-state index contributed by atoms with van der Waals surface area (Å²) in [5.74, 6) is -2.78. The number of aromatic nitrogens is 3. The molecule has 0 spiro atoms. The molecule has 0 aliphatic rings. The van der Waals surface area contributed by atoms with E-state index in [2.05, 4.69) is 10.4 Å². The first kappa shape index (κ1) is 16.2. The summed E-state index contributed by atoms with van der Waals surface area (Å²) in [7, 11) is 1.39. The molecule has 2 aromatic heterocycles. The number of amides is 1. The van der Waals surface area contributed by atoms with E-state index in [1.165, 1.54) is 17.7 Å². The minimum absolute atomic E-state index is 0.154. The molecule has 0 saturated heterocycles. The van der Waals surface area contributed by atoms with Gasteiger partial charge in [-0.15, -0.1) is 0 Å². The summed E-state index contributed by atoms with van der Waals surface area (Å²) in [6, 6.07) is 10.7. The fraction of sp³-hybridized carbons (Fsp3) is 0.125.